The Hall–Kier alpha value is -3.35. The van der Waals surface area contributed by atoms with Crippen molar-refractivity contribution >= 4 is 28.8 Å². The van der Waals surface area contributed by atoms with E-state index in [9.17, 15) is 24.5 Å². The maximum absolute atomic E-state index is 12.5. The zero-order chi connectivity index (χ0) is 19.8. The van der Waals surface area contributed by atoms with Gasteiger partial charge in [0, 0.05) is 36.2 Å². The summed E-state index contributed by atoms with van der Waals surface area (Å²) in [4.78, 5) is 47.1. The zero-order valence-electron chi connectivity index (χ0n) is 14.9. The van der Waals surface area contributed by atoms with Gasteiger partial charge in [-0.1, -0.05) is 43.3 Å². The van der Waals surface area contributed by atoms with Gasteiger partial charge in [0.2, 0.25) is 5.91 Å². The number of nitrogens with one attached hydrogen (secondary N) is 1. The molecule has 7 nitrogen and oxygen atoms in total. The van der Waals surface area contributed by atoms with E-state index in [4.69, 9.17) is 0 Å². The van der Waals surface area contributed by atoms with Crippen LogP contribution in [0.2, 0.25) is 0 Å². The first-order chi connectivity index (χ1) is 12.9. The first kappa shape index (κ1) is 20.0. The van der Waals surface area contributed by atoms with Crippen molar-refractivity contribution in [3.8, 4) is 0 Å². The number of Topliss-reactive ketones (excluding diaryl/α,β-unsaturated/α-hetero) is 2. The molecular formula is C20H20N2O5. The zero-order valence-corrected chi connectivity index (χ0v) is 14.9. The van der Waals surface area contributed by atoms with Gasteiger partial charge in [0.1, 0.15) is 5.78 Å². The van der Waals surface area contributed by atoms with Crippen LogP contribution in [0.25, 0.3) is 0 Å². The third kappa shape index (κ3) is 5.57. The van der Waals surface area contributed by atoms with Crippen molar-refractivity contribution in [2.24, 2.45) is 5.92 Å². The summed E-state index contributed by atoms with van der Waals surface area (Å²) in [7, 11) is 0. The van der Waals surface area contributed by atoms with Crippen LogP contribution in [0.3, 0.4) is 0 Å². The van der Waals surface area contributed by atoms with E-state index in [2.05, 4.69) is 5.32 Å². The predicted octanol–water partition coefficient (Wildman–Crippen LogP) is 3.79. The van der Waals surface area contributed by atoms with Crippen molar-refractivity contribution < 1.29 is 19.3 Å². The Bertz CT molecular complexity index is 848. The van der Waals surface area contributed by atoms with Gasteiger partial charge in [-0.2, -0.15) is 0 Å². The fraction of sp³-hybridized carbons (Fsp3) is 0.250. The molecule has 1 N–H and O–H groups in total. The van der Waals surface area contributed by atoms with Gasteiger partial charge in [-0.15, -0.1) is 0 Å². The molecule has 0 heterocycles. The quantitative estimate of drug-likeness (QED) is 0.314. The van der Waals surface area contributed by atoms with E-state index in [0.29, 0.717) is 12.0 Å². The van der Waals surface area contributed by atoms with Crippen LogP contribution in [0.4, 0.5) is 11.4 Å². The number of benzene rings is 2. The largest absolute Gasteiger partial charge is 0.326 e. The number of hydrogen-bond acceptors (Lipinski definition) is 5. The lowest BCUT2D eigenvalue weighted by atomic mass is 9.89. The number of ketones is 2. The number of carbonyl (C=O) groups excluding carboxylic acids is 3. The van der Waals surface area contributed by atoms with E-state index in [0.717, 1.165) is 0 Å². The van der Waals surface area contributed by atoms with Crippen molar-refractivity contribution in [2.75, 3.05) is 5.32 Å². The average molecular weight is 368 g/mol. The number of rotatable bonds is 9. The fourth-order valence-electron chi connectivity index (χ4n) is 2.69. The molecule has 0 unspecified atom stereocenters. The molecule has 0 fully saturated rings. The molecule has 1 atom stereocenters. The lowest BCUT2D eigenvalue weighted by Gasteiger charge is -2.13. The molecular weight excluding hydrogens is 348 g/mol. The molecule has 0 saturated heterocycles. The summed E-state index contributed by atoms with van der Waals surface area (Å²) < 4.78 is 0. The normalized spacial score (nSPS) is 11.4. The van der Waals surface area contributed by atoms with Gasteiger partial charge in [0.15, 0.2) is 5.78 Å². The van der Waals surface area contributed by atoms with E-state index < -0.39 is 16.7 Å². The number of nitrogens with zero attached hydrogens (tertiary/aromatic N) is 1. The van der Waals surface area contributed by atoms with Crippen LogP contribution in [0, 0.1) is 16.0 Å². The van der Waals surface area contributed by atoms with E-state index in [1.807, 2.05) is 0 Å². The minimum absolute atomic E-state index is 0.0716. The Kier molecular flexibility index (Phi) is 6.93. The Balaban J connectivity index is 1.93. The SMILES string of the molecule is CC[C@H](C(=O)CCC(=O)Nc1cccc([N+](=O)[O-])c1)C(=O)c1ccccc1. The molecule has 0 saturated carbocycles. The molecule has 0 aliphatic heterocycles. The number of anilines is 1. The second kappa shape index (κ2) is 9.38. The van der Waals surface area contributed by atoms with Crippen molar-refractivity contribution in [3.63, 3.8) is 0 Å². The van der Waals surface area contributed by atoms with Gasteiger partial charge in [-0.25, -0.2) is 0 Å². The van der Waals surface area contributed by atoms with Crippen molar-refractivity contribution in [1.29, 1.82) is 0 Å². The van der Waals surface area contributed by atoms with Gasteiger partial charge < -0.3 is 5.32 Å². The number of nitro groups is 1. The van der Waals surface area contributed by atoms with Crippen LogP contribution in [0.5, 0.6) is 0 Å². The third-order valence-corrected chi connectivity index (χ3v) is 4.11. The summed E-state index contributed by atoms with van der Waals surface area (Å²) in [6, 6.07) is 14.1. The van der Waals surface area contributed by atoms with Crippen LogP contribution in [0.15, 0.2) is 54.6 Å². The lowest BCUT2D eigenvalue weighted by Crippen LogP contribution is -2.25. The first-order valence-electron chi connectivity index (χ1n) is 8.58. The molecule has 0 bridgehead atoms. The highest BCUT2D eigenvalue weighted by molar-refractivity contribution is 6.11. The molecule has 2 aromatic carbocycles. The minimum atomic E-state index is -0.780. The second-order valence-corrected chi connectivity index (χ2v) is 6.01. The summed E-state index contributed by atoms with van der Waals surface area (Å²) in [6.45, 7) is 1.76. The van der Waals surface area contributed by atoms with Gasteiger partial charge in [-0.3, -0.25) is 24.5 Å². The fourth-order valence-corrected chi connectivity index (χ4v) is 2.69. The Morgan fingerprint density at radius 3 is 2.37 bits per heavy atom. The molecule has 27 heavy (non-hydrogen) atoms. The summed E-state index contributed by atoms with van der Waals surface area (Å²) in [5, 5.41) is 13.3. The number of amides is 1. The molecule has 1 amide bonds. The van der Waals surface area contributed by atoms with Gasteiger partial charge in [0.05, 0.1) is 10.8 Å². The first-order valence-corrected chi connectivity index (χ1v) is 8.58. The molecule has 7 heteroatoms. The highest BCUT2D eigenvalue weighted by atomic mass is 16.6. The summed E-state index contributed by atoms with van der Waals surface area (Å²) in [5.74, 6) is -1.76. The third-order valence-electron chi connectivity index (χ3n) is 4.11. The number of carbonyl (C=O) groups is 3. The van der Waals surface area contributed by atoms with Crippen molar-refractivity contribution in [3.05, 3.63) is 70.3 Å². The van der Waals surface area contributed by atoms with Gasteiger partial charge in [0.25, 0.3) is 5.69 Å². The molecule has 2 rings (SSSR count). The maximum atomic E-state index is 12.5. The number of nitro benzene ring substituents is 1. The highest BCUT2D eigenvalue weighted by Crippen LogP contribution is 2.19. The van der Waals surface area contributed by atoms with Crippen LogP contribution < -0.4 is 5.32 Å². The molecule has 0 aromatic heterocycles. The van der Waals surface area contributed by atoms with Crippen molar-refractivity contribution in [1.82, 2.24) is 0 Å². The highest BCUT2D eigenvalue weighted by Gasteiger charge is 2.25. The molecule has 140 valence electrons. The van der Waals surface area contributed by atoms with Crippen LogP contribution >= 0.6 is 0 Å². The van der Waals surface area contributed by atoms with E-state index >= 15 is 0 Å². The standard InChI is InChI=1S/C20H20N2O5/c1-2-17(20(25)14-7-4-3-5-8-14)18(23)11-12-19(24)21-15-9-6-10-16(13-15)22(26)27/h3-10,13,17H,2,11-12H2,1H3,(H,21,24)/t17-/m1/s1. The molecule has 2 aromatic rings. The predicted molar refractivity (Wildman–Crippen MR) is 101 cm³/mol. The van der Waals surface area contributed by atoms with Crippen molar-refractivity contribution in [2.45, 2.75) is 26.2 Å². The summed E-state index contributed by atoms with van der Waals surface area (Å²) in [5.41, 5.74) is 0.621. The van der Waals surface area contributed by atoms with Gasteiger partial charge in [-0.05, 0) is 12.5 Å². The maximum Gasteiger partial charge on any atom is 0.271 e. The number of hydrogen-bond donors (Lipinski definition) is 1. The van der Waals surface area contributed by atoms with E-state index in [-0.39, 0.29) is 35.8 Å². The van der Waals surface area contributed by atoms with Crippen LogP contribution in [0.1, 0.15) is 36.5 Å². The monoisotopic (exact) mass is 368 g/mol. The lowest BCUT2D eigenvalue weighted by molar-refractivity contribution is -0.384. The summed E-state index contributed by atoms with van der Waals surface area (Å²) >= 11 is 0. The molecule has 0 radical (unpaired) electrons. The minimum Gasteiger partial charge on any atom is -0.326 e. The molecule has 0 aliphatic carbocycles. The van der Waals surface area contributed by atoms with E-state index in [1.54, 1.807) is 37.3 Å². The van der Waals surface area contributed by atoms with E-state index in [1.165, 1.54) is 24.3 Å². The molecule has 0 aliphatic rings. The Morgan fingerprint density at radius 1 is 1.04 bits per heavy atom. The van der Waals surface area contributed by atoms with Gasteiger partial charge >= 0.3 is 0 Å². The van der Waals surface area contributed by atoms with Crippen LogP contribution in [-0.4, -0.2) is 22.4 Å². The average Bonchev–Trinajstić information content (AvgIpc) is 2.67. The Labute approximate surface area is 156 Å². The summed E-state index contributed by atoms with van der Waals surface area (Å²) in [6.07, 6.45) is 0.191. The number of non-ortho nitro benzene ring substituents is 1. The second-order valence-electron chi connectivity index (χ2n) is 6.01. The van der Waals surface area contributed by atoms with Crippen LogP contribution in [-0.2, 0) is 9.59 Å². The topological polar surface area (TPSA) is 106 Å². The Morgan fingerprint density at radius 2 is 1.74 bits per heavy atom. The molecule has 0 spiro atoms. The smallest absolute Gasteiger partial charge is 0.271 e.